The zero-order valence-electron chi connectivity index (χ0n) is 17.9. The summed E-state index contributed by atoms with van der Waals surface area (Å²) < 4.78 is 27.1. The first-order chi connectivity index (χ1) is 15.9. The van der Waals surface area contributed by atoms with Crippen LogP contribution in [0.3, 0.4) is 0 Å². The minimum atomic E-state index is -0.615. The third-order valence-electron chi connectivity index (χ3n) is 5.91. The molecule has 4 aromatic rings. The van der Waals surface area contributed by atoms with Gasteiger partial charge in [-0.2, -0.15) is 5.10 Å². The Morgan fingerprint density at radius 3 is 2.45 bits per heavy atom. The Morgan fingerprint density at radius 1 is 1.00 bits per heavy atom. The number of nitrogens with one attached hydrogen (secondary N) is 2. The van der Waals surface area contributed by atoms with Gasteiger partial charge in [0.25, 0.3) is 5.91 Å². The molecule has 1 aliphatic rings. The van der Waals surface area contributed by atoms with E-state index in [4.69, 9.17) is 5.73 Å². The molecule has 33 heavy (non-hydrogen) atoms. The van der Waals surface area contributed by atoms with Crippen LogP contribution in [0.25, 0.3) is 10.9 Å². The van der Waals surface area contributed by atoms with Crippen LogP contribution in [0.2, 0.25) is 0 Å². The zero-order valence-corrected chi connectivity index (χ0v) is 17.9. The first-order valence-electron chi connectivity index (χ1n) is 10.8. The van der Waals surface area contributed by atoms with E-state index in [1.807, 2.05) is 30.3 Å². The number of carbonyl (C=O) groups is 1. The largest absolute Gasteiger partial charge is 0.398 e. The molecule has 6 nitrogen and oxygen atoms in total. The van der Waals surface area contributed by atoms with E-state index in [1.165, 1.54) is 18.6 Å². The molecule has 0 unspecified atom stereocenters. The van der Waals surface area contributed by atoms with Crippen molar-refractivity contribution in [3.63, 3.8) is 0 Å². The number of benzene rings is 3. The van der Waals surface area contributed by atoms with E-state index in [-0.39, 0.29) is 5.91 Å². The lowest BCUT2D eigenvalue weighted by Gasteiger charge is -2.30. The predicted octanol–water partition coefficient (Wildman–Crippen LogP) is 4.47. The molecule has 3 aromatic carbocycles. The van der Waals surface area contributed by atoms with Crippen LogP contribution in [0.1, 0.15) is 33.5 Å². The molecular formula is C25H23F2N5O. The van der Waals surface area contributed by atoms with Crippen molar-refractivity contribution in [1.82, 2.24) is 15.1 Å². The van der Waals surface area contributed by atoms with Gasteiger partial charge in [0, 0.05) is 23.7 Å². The van der Waals surface area contributed by atoms with Crippen molar-refractivity contribution in [2.24, 2.45) is 0 Å². The molecule has 1 aliphatic heterocycles. The number of likely N-dealkylation sites (tertiary alicyclic amines) is 1. The van der Waals surface area contributed by atoms with E-state index in [0.717, 1.165) is 42.3 Å². The van der Waals surface area contributed by atoms with Gasteiger partial charge in [0.05, 0.1) is 11.1 Å². The second-order valence-corrected chi connectivity index (χ2v) is 8.41. The van der Waals surface area contributed by atoms with Gasteiger partial charge < -0.3 is 11.1 Å². The van der Waals surface area contributed by atoms with Crippen LogP contribution in [0, 0.1) is 11.6 Å². The van der Waals surface area contributed by atoms with Crippen LogP contribution in [-0.4, -0.2) is 34.1 Å². The second kappa shape index (κ2) is 8.63. The maximum atomic E-state index is 13.5. The number of H-pyrrole nitrogens is 1. The first kappa shape index (κ1) is 21.1. The lowest BCUT2D eigenvalue weighted by molar-refractivity contribution is 0.102. The minimum Gasteiger partial charge on any atom is -0.398 e. The number of hydrogen-bond donors (Lipinski definition) is 3. The summed E-state index contributed by atoms with van der Waals surface area (Å²) in [6.07, 6.45) is 1.56. The van der Waals surface area contributed by atoms with Crippen LogP contribution in [0.4, 0.5) is 20.3 Å². The molecule has 0 aliphatic carbocycles. The summed E-state index contributed by atoms with van der Waals surface area (Å²) in [7, 11) is 0. The third kappa shape index (κ3) is 4.56. The van der Waals surface area contributed by atoms with E-state index < -0.39 is 11.6 Å². The predicted molar refractivity (Wildman–Crippen MR) is 124 cm³/mol. The summed E-state index contributed by atoms with van der Waals surface area (Å²) in [5.74, 6) is -1.22. The highest BCUT2D eigenvalue weighted by atomic mass is 19.1. The van der Waals surface area contributed by atoms with Gasteiger partial charge in [0.15, 0.2) is 5.82 Å². The molecule has 4 N–H and O–H groups in total. The van der Waals surface area contributed by atoms with E-state index in [0.29, 0.717) is 34.4 Å². The average Bonchev–Trinajstić information content (AvgIpc) is 3.12. The maximum Gasteiger partial charge on any atom is 0.258 e. The highest BCUT2D eigenvalue weighted by molar-refractivity contribution is 6.10. The SMILES string of the molecule is Nc1cc(CN2CCC2)ccc1C(=O)Nc1n[nH]c2ccc(Cc3cc(F)cc(F)c3)cc12. The number of nitrogen functional groups attached to an aromatic ring is 1. The van der Waals surface area contributed by atoms with Gasteiger partial charge in [-0.1, -0.05) is 12.1 Å². The molecule has 0 spiro atoms. The fourth-order valence-electron chi connectivity index (χ4n) is 4.11. The van der Waals surface area contributed by atoms with Crippen molar-refractivity contribution in [2.75, 3.05) is 24.1 Å². The summed E-state index contributed by atoms with van der Waals surface area (Å²) in [5.41, 5.74) is 10.1. The van der Waals surface area contributed by atoms with Crippen molar-refractivity contribution < 1.29 is 13.6 Å². The summed E-state index contributed by atoms with van der Waals surface area (Å²) in [6, 6.07) is 14.5. The van der Waals surface area contributed by atoms with Crippen molar-refractivity contribution in [3.8, 4) is 0 Å². The Morgan fingerprint density at radius 2 is 1.76 bits per heavy atom. The monoisotopic (exact) mass is 447 g/mol. The number of nitrogens with zero attached hydrogens (tertiary/aromatic N) is 2. The number of rotatable bonds is 6. The fourth-order valence-corrected chi connectivity index (χ4v) is 4.11. The van der Waals surface area contributed by atoms with Gasteiger partial charge in [-0.05, 0) is 79.0 Å². The second-order valence-electron chi connectivity index (χ2n) is 8.41. The normalized spacial score (nSPS) is 13.8. The lowest BCUT2D eigenvalue weighted by Crippen LogP contribution is -2.36. The van der Waals surface area contributed by atoms with Crippen LogP contribution in [0.15, 0.2) is 54.6 Å². The van der Waals surface area contributed by atoms with Crippen LogP contribution >= 0.6 is 0 Å². The Kier molecular flexibility index (Phi) is 5.51. The Bertz CT molecular complexity index is 1330. The summed E-state index contributed by atoms with van der Waals surface area (Å²) in [6.45, 7) is 3.00. The highest BCUT2D eigenvalue weighted by Gasteiger charge is 2.17. The number of carbonyl (C=O) groups excluding carboxylic acids is 1. The van der Waals surface area contributed by atoms with Crippen molar-refractivity contribution in [1.29, 1.82) is 0 Å². The Balaban J connectivity index is 1.35. The van der Waals surface area contributed by atoms with E-state index in [2.05, 4.69) is 20.4 Å². The van der Waals surface area contributed by atoms with E-state index in [9.17, 15) is 13.6 Å². The number of fused-ring (bicyclic) bond motifs is 1. The molecular weight excluding hydrogens is 424 g/mol. The molecule has 2 heterocycles. The molecule has 0 atom stereocenters. The van der Waals surface area contributed by atoms with Crippen molar-refractivity contribution >= 4 is 28.3 Å². The van der Waals surface area contributed by atoms with Crippen LogP contribution < -0.4 is 11.1 Å². The molecule has 168 valence electrons. The molecule has 1 aromatic heterocycles. The number of aromatic amines is 1. The van der Waals surface area contributed by atoms with Gasteiger partial charge in [-0.15, -0.1) is 0 Å². The molecule has 1 fully saturated rings. The van der Waals surface area contributed by atoms with Crippen LogP contribution in [-0.2, 0) is 13.0 Å². The van der Waals surface area contributed by atoms with Gasteiger partial charge in [-0.25, -0.2) is 8.78 Å². The smallest absolute Gasteiger partial charge is 0.258 e. The van der Waals surface area contributed by atoms with Gasteiger partial charge in [-0.3, -0.25) is 14.8 Å². The molecule has 1 saturated heterocycles. The molecule has 1 amide bonds. The van der Waals surface area contributed by atoms with Gasteiger partial charge in [0.2, 0.25) is 0 Å². The van der Waals surface area contributed by atoms with Crippen LogP contribution in [0.5, 0.6) is 0 Å². The zero-order chi connectivity index (χ0) is 22.9. The molecule has 5 rings (SSSR count). The quantitative estimate of drug-likeness (QED) is 0.381. The maximum absolute atomic E-state index is 13.5. The molecule has 0 radical (unpaired) electrons. The highest BCUT2D eigenvalue weighted by Crippen LogP contribution is 2.25. The number of nitrogens with two attached hydrogens (primary N) is 1. The first-order valence-corrected chi connectivity index (χ1v) is 10.8. The fraction of sp³-hybridized carbons (Fsp3) is 0.200. The Labute approximate surface area is 189 Å². The number of hydrogen-bond acceptors (Lipinski definition) is 4. The number of anilines is 2. The number of aromatic nitrogens is 2. The summed E-state index contributed by atoms with van der Waals surface area (Å²) >= 11 is 0. The third-order valence-corrected chi connectivity index (χ3v) is 5.91. The molecule has 8 heteroatoms. The molecule has 0 bridgehead atoms. The standard InChI is InChI=1S/C25H23F2N5O/c26-18-9-17(10-19(27)13-18)8-15-3-5-23-21(11-15)24(31-30-23)29-25(33)20-4-2-16(12-22(20)28)14-32-6-1-7-32/h2-5,9-13H,1,6-8,14,28H2,(H2,29,30,31,33). The average molecular weight is 447 g/mol. The van der Waals surface area contributed by atoms with Crippen molar-refractivity contribution in [2.45, 2.75) is 19.4 Å². The Hall–Kier alpha value is -3.78. The van der Waals surface area contributed by atoms with Gasteiger partial charge in [0.1, 0.15) is 11.6 Å². The van der Waals surface area contributed by atoms with E-state index >= 15 is 0 Å². The van der Waals surface area contributed by atoms with Crippen molar-refractivity contribution in [3.05, 3.63) is 88.5 Å². The number of halogens is 2. The van der Waals surface area contributed by atoms with Gasteiger partial charge >= 0.3 is 0 Å². The lowest BCUT2D eigenvalue weighted by atomic mass is 10.0. The topological polar surface area (TPSA) is 87.0 Å². The summed E-state index contributed by atoms with van der Waals surface area (Å²) in [5, 5.41) is 10.6. The van der Waals surface area contributed by atoms with E-state index in [1.54, 1.807) is 6.07 Å². The number of amides is 1. The minimum absolute atomic E-state index is 0.342. The summed E-state index contributed by atoms with van der Waals surface area (Å²) in [4.78, 5) is 15.2. The molecule has 0 saturated carbocycles.